The number of amides is 1. The highest BCUT2D eigenvalue weighted by atomic mass is 16.4. The van der Waals surface area contributed by atoms with Crippen molar-refractivity contribution in [2.24, 2.45) is 22.9 Å². The quantitative estimate of drug-likeness (QED) is 0.102. The maximum atomic E-state index is 10.8. The number of aromatic hydroxyl groups is 1. The monoisotopic (exact) mass is 692 g/mol. The second-order valence-electron chi connectivity index (χ2n) is 11.3. The van der Waals surface area contributed by atoms with E-state index in [9.17, 15) is 24.3 Å². The van der Waals surface area contributed by atoms with Crippen LogP contribution in [-0.2, 0) is 32.0 Å². The zero-order chi connectivity index (χ0) is 38.1. The van der Waals surface area contributed by atoms with Gasteiger partial charge in [0, 0.05) is 29.1 Å². The Morgan fingerprint density at radius 1 is 0.820 bits per heavy atom. The van der Waals surface area contributed by atoms with Gasteiger partial charge in [0.05, 0.1) is 6.04 Å². The number of aromatic amines is 1. The van der Waals surface area contributed by atoms with Crippen LogP contribution in [-0.4, -0.2) is 74.4 Å². The maximum absolute atomic E-state index is 10.8. The predicted molar refractivity (Wildman–Crippen MR) is 192 cm³/mol. The Morgan fingerprint density at radius 3 is 1.78 bits per heavy atom. The lowest BCUT2D eigenvalue weighted by Crippen LogP contribution is -2.32. The third-order valence-corrected chi connectivity index (χ3v) is 7.51. The van der Waals surface area contributed by atoms with E-state index in [0.29, 0.717) is 6.42 Å². The van der Waals surface area contributed by atoms with Crippen LogP contribution >= 0.6 is 0 Å². The van der Waals surface area contributed by atoms with Gasteiger partial charge < -0.3 is 53.7 Å². The largest absolute Gasteiger partial charge is 0.508 e. The van der Waals surface area contributed by atoms with E-state index in [-0.39, 0.29) is 17.7 Å². The number of nitrogens with two attached hydrogens (primary N) is 4. The molecule has 0 bridgehead atoms. The molecule has 0 aliphatic rings. The molecule has 14 heteroatoms. The number of aromatic nitrogens is 1. The summed E-state index contributed by atoms with van der Waals surface area (Å²) in [7, 11) is 1.61. The molecule has 4 unspecified atom stereocenters. The predicted octanol–water partition coefficient (Wildman–Crippen LogP) is 2.49. The van der Waals surface area contributed by atoms with Gasteiger partial charge in [0.2, 0.25) is 5.91 Å². The minimum Gasteiger partial charge on any atom is -0.508 e. The molecule has 0 aliphatic heterocycles. The SMILES string of the molecule is C=C(C(N)=O)C(N)c1ccccc1.CNC(C)C(=O)O.Cc1cc(O)cc(C)c1CC(N)C(=O)O.NC(Cc1c[nH]c2ccccc12)C(=O)O. The number of carbonyl (C=O) groups excluding carboxylic acids is 1. The molecule has 0 spiro atoms. The fourth-order valence-electron chi connectivity index (χ4n) is 4.36. The van der Waals surface area contributed by atoms with Crippen LogP contribution < -0.4 is 28.3 Å². The Morgan fingerprint density at radius 2 is 1.32 bits per heavy atom. The summed E-state index contributed by atoms with van der Waals surface area (Å²) in [6, 6.07) is 17.5. The Balaban J connectivity index is 0.000000344. The number of H-pyrrole nitrogens is 1. The van der Waals surface area contributed by atoms with Gasteiger partial charge in [-0.25, -0.2) is 0 Å². The number of hydrogen-bond donors (Lipinski definition) is 10. The van der Waals surface area contributed by atoms with Crippen molar-refractivity contribution in [3.63, 3.8) is 0 Å². The normalized spacial score (nSPS) is 12.6. The van der Waals surface area contributed by atoms with E-state index in [1.165, 1.54) is 0 Å². The molecule has 4 atom stereocenters. The van der Waals surface area contributed by atoms with Crippen LogP contribution in [0.2, 0.25) is 0 Å². The molecule has 3 aromatic carbocycles. The van der Waals surface area contributed by atoms with Gasteiger partial charge >= 0.3 is 17.9 Å². The number of aryl methyl sites for hydroxylation is 2. The fraction of sp³-hybridized carbons (Fsp3) is 0.278. The zero-order valence-electron chi connectivity index (χ0n) is 28.6. The maximum Gasteiger partial charge on any atom is 0.320 e. The van der Waals surface area contributed by atoms with Gasteiger partial charge in [-0.15, -0.1) is 0 Å². The first-order valence-electron chi connectivity index (χ1n) is 15.4. The molecule has 0 saturated carbocycles. The number of aliphatic carboxylic acids is 3. The molecule has 14 N–H and O–H groups in total. The number of primary amides is 1. The first-order chi connectivity index (χ1) is 23.4. The van der Waals surface area contributed by atoms with E-state index in [0.717, 1.165) is 38.7 Å². The number of rotatable bonds is 11. The minimum absolute atomic E-state index is 0.192. The number of benzene rings is 3. The molecule has 1 heterocycles. The standard InChI is InChI=1S/C11H12N2O2.C11H15NO3.C10H12N2O.C4H9NO2/c12-9(11(14)15)5-7-6-13-10-4-2-1-3-8(7)10;1-6-3-8(13)4-7(2)9(6)5-10(12)11(14)15;1-7(10(12)13)9(11)8-5-3-2-4-6-8;1-3(5-2)4(6)7/h1-4,6,9,13H,5,12H2,(H,14,15);3-4,10,13H,5,12H2,1-2H3,(H,14,15);2-6,9H,1,11H2,(H2,12,13);3,5H,1-2H3,(H,6,7). The van der Waals surface area contributed by atoms with Crippen molar-refractivity contribution >= 4 is 34.7 Å². The lowest BCUT2D eigenvalue weighted by atomic mass is 9.96. The average Bonchev–Trinajstić information content (AvgIpc) is 3.48. The summed E-state index contributed by atoms with van der Waals surface area (Å²) >= 11 is 0. The first kappa shape index (κ1) is 42.5. The van der Waals surface area contributed by atoms with Gasteiger partial charge in [-0.3, -0.25) is 19.2 Å². The van der Waals surface area contributed by atoms with Crippen LogP contribution in [0.5, 0.6) is 5.75 Å². The van der Waals surface area contributed by atoms with Crippen LogP contribution in [0.1, 0.15) is 40.8 Å². The highest BCUT2D eigenvalue weighted by Crippen LogP contribution is 2.22. The lowest BCUT2D eigenvalue weighted by Gasteiger charge is -2.12. The van der Waals surface area contributed by atoms with Crippen LogP contribution in [0.15, 0.2) is 85.1 Å². The van der Waals surface area contributed by atoms with Crippen LogP contribution in [0.4, 0.5) is 0 Å². The molecule has 0 fully saturated rings. The Kier molecular flexibility index (Phi) is 17.6. The third kappa shape index (κ3) is 13.9. The van der Waals surface area contributed by atoms with Crippen molar-refractivity contribution in [1.29, 1.82) is 0 Å². The fourth-order valence-corrected chi connectivity index (χ4v) is 4.36. The van der Waals surface area contributed by atoms with Gasteiger partial charge in [0.25, 0.3) is 0 Å². The van der Waals surface area contributed by atoms with Crippen LogP contribution in [0, 0.1) is 13.8 Å². The Bertz CT molecular complexity index is 1720. The molecule has 270 valence electrons. The number of fused-ring (bicyclic) bond motifs is 1. The van der Waals surface area contributed by atoms with E-state index < -0.39 is 48.0 Å². The van der Waals surface area contributed by atoms with Gasteiger partial charge in [0.1, 0.15) is 23.9 Å². The minimum atomic E-state index is -1.01. The summed E-state index contributed by atoms with van der Waals surface area (Å²) in [5, 5.41) is 38.5. The summed E-state index contributed by atoms with van der Waals surface area (Å²) in [6.45, 7) is 8.78. The average molecular weight is 693 g/mol. The van der Waals surface area contributed by atoms with Crippen molar-refractivity contribution in [3.05, 3.63) is 113 Å². The van der Waals surface area contributed by atoms with E-state index >= 15 is 0 Å². The molecule has 50 heavy (non-hydrogen) atoms. The molecule has 4 aromatic rings. The molecule has 0 radical (unpaired) electrons. The second kappa shape index (κ2) is 20.7. The number of carboxylic acid groups (broad SMARTS) is 3. The molecule has 14 nitrogen and oxygen atoms in total. The number of carboxylic acids is 3. The zero-order valence-corrected chi connectivity index (χ0v) is 28.6. The second-order valence-corrected chi connectivity index (χ2v) is 11.3. The molecule has 0 aliphatic carbocycles. The topological polar surface area (TPSA) is 281 Å². The molecular weight excluding hydrogens is 644 g/mol. The number of para-hydroxylation sites is 1. The van der Waals surface area contributed by atoms with E-state index in [2.05, 4.69) is 16.9 Å². The Hall–Kier alpha value is -5.54. The van der Waals surface area contributed by atoms with E-state index in [1.807, 2.05) is 74.6 Å². The molecule has 0 saturated heterocycles. The summed E-state index contributed by atoms with van der Waals surface area (Å²) in [5.41, 5.74) is 27.4. The van der Waals surface area contributed by atoms with Gasteiger partial charge in [-0.05, 0) is 80.3 Å². The summed E-state index contributed by atoms with van der Waals surface area (Å²) in [4.78, 5) is 45.0. The number of carbonyl (C=O) groups is 4. The molecule has 4 rings (SSSR count). The van der Waals surface area contributed by atoms with Crippen molar-refractivity contribution in [2.45, 2.75) is 57.8 Å². The van der Waals surface area contributed by atoms with Crippen molar-refractivity contribution in [1.82, 2.24) is 10.3 Å². The van der Waals surface area contributed by atoms with Gasteiger partial charge in [0.15, 0.2) is 0 Å². The van der Waals surface area contributed by atoms with Crippen molar-refractivity contribution in [2.75, 3.05) is 7.05 Å². The smallest absolute Gasteiger partial charge is 0.320 e. The number of hydrogen-bond acceptors (Lipinski definition) is 9. The molecule has 1 aromatic heterocycles. The summed E-state index contributed by atoms with van der Waals surface area (Å²) in [6.07, 6.45) is 2.44. The van der Waals surface area contributed by atoms with Crippen molar-refractivity contribution in [3.8, 4) is 5.75 Å². The van der Waals surface area contributed by atoms with Crippen LogP contribution in [0.25, 0.3) is 10.9 Å². The first-order valence-corrected chi connectivity index (χ1v) is 15.4. The number of nitrogens with one attached hydrogen (secondary N) is 2. The Labute approximate surface area is 290 Å². The van der Waals surface area contributed by atoms with E-state index in [4.69, 9.17) is 38.3 Å². The number of phenolic OH excluding ortho intramolecular Hbond substituents is 1. The van der Waals surface area contributed by atoms with Gasteiger partial charge in [-0.1, -0.05) is 55.1 Å². The van der Waals surface area contributed by atoms with Gasteiger partial charge in [-0.2, -0.15) is 0 Å². The van der Waals surface area contributed by atoms with Crippen molar-refractivity contribution < 1.29 is 39.6 Å². The lowest BCUT2D eigenvalue weighted by molar-refractivity contribution is -0.139. The van der Waals surface area contributed by atoms with Crippen LogP contribution in [0.3, 0.4) is 0 Å². The van der Waals surface area contributed by atoms with E-state index in [1.54, 1.807) is 26.1 Å². The number of phenols is 1. The highest BCUT2D eigenvalue weighted by molar-refractivity contribution is 5.92. The highest BCUT2D eigenvalue weighted by Gasteiger charge is 2.16. The molecular formula is C36H48N6O8. The molecule has 1 amide bonds. The number of likely N-dealkylation sites (N-methyl/N-ethyl adjacent to an activating group) is 1. The summed E-state index contributed by atoms with van der Waals surface area (Å²) < 4.78 is 0. The third-order valence-electron chi connectivity index (χ3n) is 7.51. The summed E-state index contributed by atoms with van der Waals surface area (Å²) in [5.74, 6) is -3.17.